The Balaban J connectivity index is 1.13. The number of anilines is 5. The molecule has 0 saturated carbocycles. The molecule has 1 aromatic heterocycles. The van der Waals surface area contributed by atoms with E-state index < -0.39 is 0 Å². The fraction of sp³-hybridized carbons (Fsp3) is 0.229. The first-order valence-corrected chi connectivity index (χ1v) is 28.9. The lowest BCUT2D eigenvalue weighted by atomic mass is 9.42. The van der Waals surface area contributed by atoms with Crippen molar-refractivity contribution < 1.29 is 4.74 Å². The number of benzene rings is 9. The number of hydrogen-bond acceptors (Lipinski definition) is 5. The molecule has 0 saturated heterocycles. The summed E-state index contributed by atoms with van der Waals surface area (Å²) in [7, 11) is 0. The van der Waals surface area contributed by atoms with Crippen molar-refractivity contribution in [2.45, 2.75) is 114 Å². The Morgan fingerprint density at radius 3 is 2.03 bits per heavy atom. The average molecular weight is 1020 g/mol. The maximum atomic E-state index is 7.11. The summed E-state index contributed by atoms with van der Waals surface area (Å²) < 4.78 is 9.72. The molecule has 0 amide bonds. The summed E-state index contributed by atoms with van der Waals surface area (Å²) in [6, 6.07) is 63.2. The minimum Gasteiger partial charge on any atom is -0.455 e. The summed E-state index contributed by atoms with van der Waals surface area (Å²) in [4.78, 5) is 7.74. The minimum absolute atomic E-state index is 0.0110. The average Bonchev–Trinajstić information content (AvgIpc) is 3.99. The Bertz CT molecular complexity index is 4170. The van der Waals surface area contributed by atoms with Crippen LogP contribution in [0.5, 0.6) is 11.5 Å². The van der Waals surface area contributed by atoms with Gasteiger partial charge in [0.05, 0.1) is 9.79 Å². The second kappa shape index (κ2) is 15.8. The van der Waals surface area contributed by atoms with E-state index in [9.17, 15) is 0 Å². The van der Waals surface area contributed by atoms with Crippen LogP contribution in [-0.2, 0) is 21.7 Å². The number of fused-ring (bicyclic) bond motifs is 14. The summed E-state index contributed by atoms with van der Waals surface area (Å²) in [5.74, 6) is 1.81. The van der Waals surface area contributed by atoms with Crippen molar-refractivity contribution in [3.63, 3.8) is 0 Å². The number of rotatable bonds is 3. The molecule has 0 fully saturated rings. The van der Waals surface area contributed by atoms with E-state index in [0.29, 0.717) is 0 Å². The Hall–Kier alpha value is -6.99. The first kappa shape index (κ1) is 46.3. The summed E-state index contributed by atoms with van der Waals surface area (Å²) in [6.45, 7) is 23.9. The van der Waals surface area contributed by atoms with Gasteiger partial charge in [-0.3, -0.25) is 0 Å². The van der Waals surface area contributed by atoms with E-state index in [2.05, 4.69) is 243 Å². The third-order valence-corrected chi connectivity index (χ3v) is 20.4. The lowest BCUT2D eigenvalue weighted by Crippen LogP contribution is -2.62. The zero-order valence-corrected chi connectivity index (χ0v) is 46.8. The summed E-state index contributed by atoms with van der Waals surface area (Å²) in [5, 5.41) is 2.60. The van der Waals surface area contributed by atoms with Crippen molar-refractivity contribution >= 4 is 89.5 Å². The van der Waals surface area contributed by atoms with Crippen LogP contribution in [0.3, 0.4) is 0 Å². The van der Waals surface area contributed by atoms with E-state index in [1.807, 2.05) is 23.1 Å². The molecule has 4 heterocycles. The zero-order valence-electron chi connectivity index (χ0n) is 45.2. The van der Waals surface area contributed by atoms with Crippen LogP contribution in [0.15, 0.2) is 174 Å². The summed E-state index contributed by atoms with van der Waals surface area (Å²) in [6.07, 6.45) is 2.31. The standard InChI is InChI=1S/C70H61BN2OS2/c1-40-32-49-50(69(7,8)31-30-68(49,5)6)36-54(40)72-56-39-63-59(74-58-25-17-19-27-61(58)76-63)38-52(56)71-66-57(72)37-51-64(44-23-14-16-24-48(44)70(51,9)10)65(66)47-35-62-46(43-22-15-18-26-60(43)75-62)34-55(47)73(71)53-29-28-42(67(2,3)4)33-45(53)41-20-12-11-13-21-41/h11-29,32-39H,30-31H2,1-10H3. The van der Waals surface area contributed by atoms with Gasteiger partial charge in [0.25, 0.3) is 0 Å². The lowest BCUT2D eigenvalue weighted by molar-refractivity contribution is 0.332. The predicted octanol–water partition coefficient (Wildman–Crippen LogP) is 18.9. The van der Waals surface area contributed by atoms with Gasteiger partial charge in [-0.1, -0.05) is 171 Å². The number of ether oxygens (including phenoxy) is 1. The topological polar surface area (TPSA) is 15.7 Å². The first-order chi connectivity index (χ1) is 36.5. The van der Waals surface area contributed by atoms with Crippen LogP contribution in [0.4, 0.5) is 28.4 Å². The maximum absolute atomic E-state index is 7.11. The SMILES string of the molecule is Cc1cc2c(cc1N1c3cc4c(cc3B3c5c1cc1c(c5-c5cc6sc7ccccc7c6cc5N3c3ccc(C(C)(C)C)cc3-c3ccccc3)-c3ccccc3C1(C)C)Oc1ccccc1S4)C(C)(C)CCC2(C)C. The van der Waals surface area contributed by atoms with Crippen molar-refractivity contribution in [1.82, 2.24) is 0 Å². The van der Waals surface area contributed by atoms with Crippen molar-refractivity contribution in [3.05, 3.63) is 197 Å². The van der Waals surface area contributed by atoms with Gasteiger partial charge in [-0.2, -0.15) is 0 Å². The molecule has 76 heavy (non-hydrogen) atoms. The first-order valence-electron chi connectivity index (χ1n) is 27.3. The van der Waals surface area contributed by atoms with Gasteiger partial charge >= 0.3 is 6.85 Å². The Morgan fingerprint density at radius 2 is 1.22 bits per heavy atom. The highest BCUT2D eigenvalue weighted by Crippen LogP contribution is 2.61. The van der Waals surface area contributed by atoms with Crippen molar-refractivity contribution in [3.8, 4) is 44.9 Å². The largest absolute Gasteiger partial charge is 0.455 e. The third kappa shape index (κ3) is 6.50. The number of thiophene rings is 1. The Morgan fingerprint density at radius 1 is 0.513 bits per heavy atom. The maximum Gasteiger partial charge on any atom is 0.333 e. The molecule has 5 aliphatic rings. The molecule has 0 spiro atoms. The molecule has 0 atom stereocenters. The van der Waals surface area contributed by atoms with Crippen LogP contribution in [0.1, 0.15) is 109 Å². The number of nitrogens with zero attached hydrogens (tertiary/aromatic N) is 2. The molecule has 0 N–H and O–H groups in total. The molecule has 372 valence electrons. The second-order valence-corrected chi connectivity index (χ2v) is 27.3. The van der Waals surface area contributed by atoms with E-state index in [1.165, 1.54) is 133 Å². The minimum atomic E-state index is -0.263. The molecular formula is C70H61BN2OS2. The van der Waals surface area contributed by atoms with E-state index in [1.54, 1.807) is 0 Å². The van der Waals surface area contributed by atoms with Gasteiger partial charge in [-0.15, -0.1) is 11.3 Å². The number of aryl methyl sites for hydroxylation is 1. The van der Waals surface area contributed by atoms with Gasteiger partial charge in [0.1, 0.15) is 11.5 Å². The summed E-state index contributed by atoms with van der Waals surface area (Å²) in [5.41, 5.74) is 24.5. The molecule has 0 bridgehead atoms. The van der Waals surface area contributed by atoms with Crippen molar-refractivity contribution in [2.75, 3.05) is 9.71 Å². The molecule has 0 radical (unpaired) electrons. The van der Waals surface area contributed by atoms with Crippen LogP contribution in [0.2, 0.25) is 0 Å². The zero-order chi connectivity index (χ0) is 51.9. The van der Waals surface area contributed by atoms with Crippen LogP contribution in [0.25, 0.3) is 53.6 Å². The lowest BCUT2D eigenvalue weighted by Gasteiger charge is -2.48. The van der Waals surface area contributed by atoms with Gasteiger partial charge < -0.3 is 14.4 Å². The smallest absolute Gasteiger partial charge is 0.333 e. The van der Waals surface area contributed by atoms with E-state index >= 15 is 0 Å². The molecule has 10 aromatic rings. The molecule has 3 nitrogen and oxygen atoms in total. The second-order valence-electron chi connectivity index (χ2n) is 25.2. The highest BCUT2D eigenvalue weighted by Gasteiger charge is 2.51. The Labute approximate surface area is 456 Å². The predicted molar refractivity (Wildman–Crippen MR) is 325 cm³/mol. The van der Waals surface area contributed by atoms with Crippen LogP contribution in [-0.4, -0.2) is 6.85 Å². The number of para-hydroxylation sites is 1. The van der Waals surface area contributed by atoms with Crippen LogP contribution >= 0.6 is 23.1 Å². The Kier molecular flexibility index (Phi) is 9.63. The fourth-order valence-corrected chi connectivity index (χ4v) is 16.1. The molecule has 6 heteroatoms. The highest BCUT2D eigenvalue weighted by molar-refractivity contribution is 7.99. The molecule has 15 rings (SSSR count). The molecule has 3 aliphatic heterocycles. The normalized spacial score (nSPS) is 16.7. The van der Waals surface area contributed by atoms with Gasteiger partial charge in [-0.25, -0.2) is 0 Å². The molecular weight excluding hydrogens is 960 g/mol. The third-order valence-electron chi connectivity index (χ3n) is 18.2. The van der Waals surface area contributed by atoms with Gasteiger partial charge in [0.2, 0.25) is 0 Å². The van der Waals surface area contributed by atoms with Crippen molar-refractivity contribution in [2.24, 2.45) is 0 Å². The number of hydrogen-bond donors (Lipinski definition) is 0. The van der Waals surface area contributed by atoms with E-state index in [0.717, 1.165) is 27.7 Å². The highest BCUT2D eigenvalue weighted by atomic mass is 32.2. The summed E-state index contributed by atoms with van der Waals surface area (Å²) >= 11 is 3.74. The van der Waals surface area contributed by atoms with Crippen LogP contribution in [0, 0.1) is 6.92 Å². The van der Waals surface area contributed by atoms with Gasteiger partial charge in [-0.05, 0) is 169 Å². The van der Waals surface area contributed by atoms with Gasteiger partial charge in [0.15, 0.2) is 0 Å². The fourth-order valence-electron chi connectivity index (χ4n) is 14.0. The molecule has 9 aromatic carbocycles. The van der Waals surface area contributed by atoms with Crippen LogP contribution < -0.4 is 25.4 Å². The molecule has 0 unspecified atom stereocenters. The monoisotopic (exact) mass is 1020 g/mol. The van der Waals surface area contributed by atoms with Gasteiger partial charge in [0, 0.05) is 65.2 Å². The van der Waals surface area contributed by atoms with E-state index in [4.69, 9.17) is 4.74 Å². The van der Waals surface area contributed by atoms with E-state index in [-0.39, 0.29) is 28.5 Å². The molecule has 2 aliphatic carbocycles. The van der Waals surface area contributed by atoms with Crippen molar-refractivity contribution in [1.29, 1.82) is 0 Å². The quantitative estimate of drug-likeness (QED) is 0.164.